The van der Waals surface area contributed by atoms with Crippen molar-refractivity contribution in [3.8, 4) is 0 Å². The Morgan fingerprint density at radius 2 is 2.18 bits per heavy atom. The maximum absolute atomic E-state index is 12.5. The van der Waals surface area contributed by atoms with Crippen molar-refractivity contribution in [3.05, 3.63) is 36.2 Å². The summed E-state index contributed by atoms with van der Waals surface area (Å²) in [5.74, 6) is 0.316. The molecule has 2 heterocycles. The summed E-state index contributed by atoms with van der Waals surface area (Å²) in [6.45, 7) is -1.74. The maximum Gasteiger partial charge on any atom is 0.319 e. The summed E-state index contributed by atoms with van der Waals surface area (Å²) >= 11 is 0. The topological polar surface area (TPSA) is 47.7 Å². The summed E-state index contributed by atoms with van der Waals surface area (Å²) in [6, 6.07) is 1.87. The maximum atomic E-state index is 12.5. The van der Waals surface area contributed by atoms with Crippen molar-refractivity contribution in [1.29, 1.82) is 0 Å². The van der Waals surface area contributed by atoms with E-state index in [-0.39, 0.29) is 6.54 Å². The molecule has 1 N–H and O–H groups in total. The molecule has 0 radical (unpaired) electrons. The first kappa shape index (κ1) is 11.7. The van der Waals surface area contributed by atoms with Crippen molar-refractivity contribution in [3.63, 3.8) is 0 Å². The Morgan fingerprint density at radius 1 is 1.35 bits per heavy atom. The van der Waals surface area contributed by atoms with Crippen LogP contribution in [0, 0.1) is 0 Å². The van der Waals surface area contributed by atoms with Gasteiger partial charge >= 0.3 is 6.55 Å². The standard InChI is InChI=1S/C10H13F2N5/c1-16-4-2-8(15-16)6-13-7-9-14-3-5-17(9)10(11)12/h2-5,10,13H,6-7H2,1H3. The van der Waals surface area contributed by atoms with Gasteiger partial charge in [0.05, 0.1) is 12.2 Å². The smallest absolute Gasteiger partial charge is 0.304 e. The van der Waals surface area contributed by atoms with E-state index in [2.05, 4.69) is 15.4 Å². The molecule has 0 spiro atoms. The number of nitrogens with one attached hydrogen (secondary N) is 1. The minimum absolute atomic E-state index is 0.286. The number of alkyl halides is 2. The number of nitrogens with zero attached hydrogens (tertiary/aromatic N) is 4. The van der Waals surface area contributed by atoms with E-state index in [1.54, 1.807) is 4.68 Å². The molecule has 0 aliphatic rings. The molecule has 0 atom stereocenters. The fourth-order valence-electron chi connectivity index (χ4n) is 1.52. The van der Waals surface area contributed by atoms with Crippen molar-refractivity contribution >= 4 is 0 Å². The average Bonchev–Trinajstić information content (AvgIpc) is 2.87. The monoisotopic (exact) mass is 241 g/mol. The van der Waals surface area contributed by atoms with Gasteiger partial charge in [-0.3, -0.25) is 9.25 Å². The fraction of sp³-hybridized carbons (Fsp3) is 0.400. The molecular formula is C10H13F2N5. The van der Waals surface area contributed by atoms with Gasteiger partial charge in [0.15, 0.2) is 0 Å². The molecule has 0 bridgehead atoms. The quantitative estimate of drug-likeness (QED) is 0.858. The fourth-order valence-corrected chi connectivity index (χ4v) is 1.52. The first-order chi connectivity index (χ1) is 8.16. The van der Waals surface area contributed by atoms with Gasteiger partial charge in [-0.25, -0.2) is 4.98 Å². The zero-order chi connectivity index (χ0) is 12.3. The highest BCUT2D eigenvalue weighted by molar-refractivity contribution is 4.99. The number of aryl methyl sites for hydroxylation is 1. The van der Waals surface area contributed by atoms with Crippen molar-refractivity contribution in [1.82, 2.24) is 24.6 Å². The Balaban J connectivity index is 1.88. The van der Waals surface area contributed by atoms with Crippen molar-refractivity contribution in [2.45, 2.75) is 19.6 Å². The minimum Gasteiger partial charge on any atom is -0.304 e. The molecule has 17 heavy (non-hydrogen) atoms. The highest BCUT2D eigenvalue weighted by Gasteiger charge is 2.10. The van der Waals surface area contributed by atoms with Crippen LogP contribution in [0.15, 0.2) is 24.7 Å². The number of aromatic nitrogens is 4. The average molecular weight is 241 g/mol. The summed E-state index contributed by atoms with van der Waals surface area (Å²) < 4.78 is 27.5. The van der Waals surface area contributed by atoms with Crippen molar-refractivity contribution in [2.24, 2.45) is 7.05 Å². The van der Waals surface area contributed by atoms with Crippen molar-refractivity contribution < 1.29 is 8.78 Å². The predicted octanol–water partition coefficient (Wildman–Crippen LogP) is 1.30. The molecule has 0 aliphatic carbocycles. The number of hydrogen-bond donors (Lipinski definition) is 1. The van der Waals surface area contributed by atoms with E-state index in [4.69, 9.17) is 0 Å². The van der Waals surface area contributed by atoms with Gasteiger partial charge in [-0.1, -0.05) is 0 Å². The highest BCUT2D eigenvalue weighted by Crippen LogP contribution is 2.11. The Morgan fingerprint density at radius 3 is 2.82 bits per heavy atom. The summed E-state index contributed by atoms with van der Waals surface area (Å²) in [7, 11) is 1.83. The van der Waals surface area contributed by atoms with Crippen LogP contribution >= 0.6 is 0 Å². The third-order valence-electron chi connectivity index (χ3n) is 2.32. The molecule has 0 unspecified atom stereocenters. The molecule has 2 rings (SSSR count). The molecule has 0 fully saturated rings. The number of imidazole rings is 1. The summed E-state index contributed by atoms with van der Waals surface area (Å²) in [5, 5.41) is 7.19. The molecule has 0 aromatic carbocycles. The van der Waals surface area contributed by atoms with Crippen LogP contribution in [-0.4, -0.2) is 19.3 Å². The number of hydrogen-bond acceptors (Lipinski definition) is 3. The highest BCUT2D eigenvalue weighted by atomic mass is 19.3. The van der Waals surface area contributed by atoms with Gasteiger partial charge in [0.2, 0.25) is 0 Å². The molecule has 5 nitrogen and oxygen atoms in total. The van der Waals surface area contributed by atoms with Crippen LogP contribution in [0.2, 0.25) is 0 Å². The van der Waals surface area contributed by atoms with Gasteiger partial charge in [-0.2, -0.15) is 13.9 Å². The minimum atomic E-state index is -2.55. The van der Waals surface area contributed by atoms with Gasteiger partial charge < -0.3 is 5.32 Å². The van der Waals surface area contributed by atoms with Crippen LogP contribution in [0.3, 0.4) is 0 Å². The van der Waals surface area contributed by atoms with E-state index in [1.807, 2.05) is 19.3 Å². The molecule has 2 aromatic heterocycles. The van der Waals surface area contributed by atoms with E-state index in [1.165, 1.54) is 12.4 Å². The van der Waals surface area contributed by atoms with E-state index in [0.29, 0.717) is 12.4 Å². The molecule has 0 saturated heterocycles. The lowest BCUT2D eigenvalue weighted by molar-refractivity contribution is 0.0666. The molecule has 0 aliphatic heterocycles. The van der Waals surface area contributed by atoms with E-state index < -0.39 is 6.55 Å². The summed E-state index contributed by atoms with van der Waals surface area (Å²) in [6.07, 6.45) is 4.46. The Bertz CT molecular complexity index is 477. The Hall–Kier alpha value is -1.76. The molecule has 2 aromatic rings. The second-order valence-corrected chi connectivity index (χ2v) is 3.61. The predicted molar refractivity (Wildman–Crippen MR) is 57.2 cm³/mol. The SMILES string of the molecule is Cn1ccc(CNCc2nccn2C(F)F)n1. The third kappa shape index (κ3) is 2.88. The Kier molecular flexibility index (Phi) is 3.48. The zero-order valence-corrected chi connectivity index (χ0v) is 9.35. The van der Waals surface area contributed by atoms with E-state index >= 15 is 0 Å². The van der Waals surface area contributed by atoms with Crippen LogP contribution in [0.25, 0.3) is 0 Å². The van der Waals surface area contributed by atoms with Gasteiger partial charge in [0.1, 0.15) is 5.82 Å². The lowest BCUT2D eigenvalue weighted by Gasteiger charge is -2.06. The van der Waals surface area contributed by atoms with Gasteiger partial charge in [0, 0.05) is 32.2 Å². The molecule has 92 valence electrons. The molecular weight excluding hydrogens is 228 g/mol. The van der Waals surface area contributed by atoms with Crippen LogP contribution in [0.5, 0.6) is 0 Å². The summed E-state index contributed by atoms with van der Waals surface area (Å²) in [4.78, 5) is 3.87. The van der Waals surface area contributed by atoms with Crippen LogP contribution < -0.4 is 5.32 Å². The largest absolute Gasteiger partial charge is 0.319 e. The lowest BCUT2D eigenvalue weighted by atomic mass is 10.4. The van der Waals surface area contributed by atoms with Gasteiger partial charge in [-0.15, -0.1) is 0 Å². The third-order valence-corrected chi connectivity index (χ3v) is 2.32. The van der Waals surface area contributed by atoms with Gasteiger partial charge in [0.25, 0.3) is 0 Å². The zero-order valence-electron chi connectivity index (χ0n) is 9.35. The van der Waals surface area contributed by atoms with Crippen LogP contribution in [0.4, 0.5) is 8.78 Å². The first-order valence-electron chi connectivity index (χ1n) is 5.16. The van der Waals surface area contributed by atoms with Crippen LogP contribution in [0.1, 0.15) is 18.1 Å². The number of halogens is 2. The van der Waals surface area contributed by atoms with Crippen molar-refractivity contribution in [2.75, 3.05) is 0 Å². The van der Waals surface area contributed by atoms with E-state index in [0.717, 1.165) is 10.3 Å². The normalized spacial score (nSPS) is 11.3. The summed E-state index contributed by atoms with van der Waals surface area (Å²) in [5.41, 5.74) is 0.864. The second-order valence-electron chi connectivity index (χ2n) is 3.61. The number of rotatable bonds is 5. The molecule has 0 saturated carbocycles. The van der Waals surface area contributed by atoms with Crippen LogP contribution in [-0.2, 0) is 20.1 Å². The first-order valence-corrected chi connectivity index (χ1v) is 5.16. The Labute approximate surface area is 97.1 Å². The molecule has 7 heteroatoms. The molecule has 0 amide bonds. The van der Waals surface area contributed by atoms with E-state index in [9.17, 15) is 8.78 Å². The van der Waals surface area contributed by atoms with Gasteiger partial charge in [-0.05, 0) is 6.07 Å². The second kappa shape index (κ2) is 5.05. The lowest BCUT2D eigenvalue weighted by Crippen LogP contribution is -2.17.